The Morgan fingerprint density at radius 3 is 2.47 bits per heavy atom. The van der Waals surface area contributed by atoms with Crippen molar-refractivity contribution in [1.29, 1.82) is 0 Å². The van der Waals surface area contributed by atoms with Gasteiger partial charge in [0.2, 0.25) is 0 Å². The predicted molar refractivity (Wildman–Crippen MR) is 69.1 cm³/mol. The summed E-state index contributed by atoms with van der Waals surface area (Å²) in [4.78, 5) is 25.0. The van der Waals surface area contributed by atoms with Gasteiger partial charge < -0.3 is 4.74 Å². The van der Waals surface area contributed by atoms with Gasteiger partial charge in [0.05, 0.1) is 6.04 Å². The number of hydrogen-bond donors (Lipinski definition) is 0. The van der Waals surface area contributed by atoms with Crippen LogP contribution in [-0.4, -0.2) is 28.9 Å². The van der Waals surface area contributed by atoms with Gasteiger partial charge in [0, 0.05) is 11.6 Å². The van der Waals surface area contributed by atoms with E-state index in [9.17, 15) is 9.59 Å². The molecule has 3 rings (SSSR count). The Balaban J connectivity index is 1.73. The van der Waals surface area contributed by atoms with Gasteiger partial charge in [0.15, 0.2) is 0 Å². The standard InChI is InChI=1S/C15H15NO3/c1-9-8-12(17)16(15(9)18)10(2)13-14(19-13)11-6-4-3-5-7-11/h3-8,10,13-14H,1-2H3. The van der Waals surface area contributed by atoms with E-state index in [1.807, 2.05) is 37.3 Å². The van der Waals surface area contributed by atoms with Crippen LogP contribution < -0.4 is 0 Å². The van der Waals surface area contributed by atoms with Gasteiger partial charge in [-0.25, -0.2) is 0 Å². The molecule has 4 heteroatoms. The normalized spacial score (nSPS) is 27.5. The molecule has 4 nitrogen and oxygen atoms in total. The number of carbonyl (C=O) groups excluding carboxylic acids is 2. The van der Waals surface area contributed by atoms with E-state index in [1.165, 1.54) is 11.0 Å². The molecule has 0 saturated carbocycles. The molecule has 3 atom stereocenters. The summed E-state index contributed by atoms with van der Waals surface area (Å²) in [6.07, 6.45) is 1.27. The zero-order valence-electron chi connectivity index (χ0n) is 10.9. The van der Waals surface area contributed by atoms with Crippen LogP contribution in [0, 0.1) is 0 Å². The summed E-state index contributed by atoms with van der Waals surface area (Å²) in [5.41, 5.74) is 1.58. The first-order valence-electron chi connectivity index (χ1n) is 6.36. The lowest BCUT2D eigenvalue weighted by Gasteiger charge is -2.21. The molecule has 1 saturated heterocycles. The molecule has 1 aromatic carbocycles. The van der Waals surface area contributed by atoms with Crippen molar-refractivity contribution in [3.63, 3.8) is 0 Å². The summed E-state index contributed by atoms with van der Waals surface area (Å²) in [6, 6.07) is 9.61. The van der Waals surface area contributed by atoms with Gasteiger partial charge in [-0.2, -0.15) is 0 Å². The van der Waals surface area contributed by atoms with Crippen molar-refractivity contribution in [3.05, 3.63) is 47.5 Å². The van der Waals surface area contributed by atoms with E-state index in [0.717, 1.165) is 5.56 Å². The number of epoxide rings is 1. The molecule has 0 spiro atoms. The summed E-state index contributed by atoms with van der Waals surface area (Å²) in [7, 11) is 0. The molecule has 0 aliphatic carbocycles. The Labute approximate surface area is 111 Å². The maximum Gasteiger partial charge on any atom is 0.256 e. The third kappa shape index (κ3) is 1.98. The van der Waals surface area contributed by atoms with E-state index in [2.05, 4.69) is 0 Å². The van der Waals surface area contributed by atoms with E-state index in [1.54, 1.807) is 6.92 Å². The largest absolute Gasteiger partial charge is 0.362 e. The number of carbonyl (C=O) groups is 2. The van der Waals surface area contributed by atoms with Crippen molar-refractivity contribution in [2.75, 3.05) is 0 Å². The Bertz CT molecular complexity index is 564. The molecule has 2 aliphatic heterocycles. The zero-order chi connectivity index (χ0) is 13.6. The summed E-state index contributed by atoms with van der Waals surface area (Å²) in [5.74, 6) is -0.447. The van der Waals surface area contributed by atoms with Crippen LogP contribution in [0.1, 0.15) is 25.5 Å². The lowest BCUT2D eigenvalue weighted by molar-refractivity contribution is -0.139. The van der Waals surface area contributed by atoms with Crippen LogP contribution in [0.4, 0.5) is 0 Å². The van der Waals surface area contributed by atoms with Gasteiger partial charge >= 0.3 is 0 Å². The smallest absolute Gasteiger partial charge is 0.256 e. The SMILES string of the molecule is CC1=CC(=O)N(C(C)C2OC2c2ccccc2)C1=O. The molecule has 1 fully saturated rings. The molecule has 0 aromatic heterocycles. The molecule has 0 bridgehead atoms. The Hall–Kier alpha value is -1.94. The molecule has 2 amide bonds. The van der Waals surface area contributed by atoms with Gasteiger partial charge in [0.25, 0.3) is 11.8 Å². The van der Waals surface area contributed by atoms with Crippen molar-refractivity contribution < 1.29 is 14.3 Å². The molecular weight excluding hydrogens is 242 g/mol. The summed E-state index contributed by atoms with van der Waals surface area (Å²) in [6.45, 7) is 3.52. The third-order valence-electron chi connectivity index (χ3n) is 3.67. The van der Waals surface area contributed by atoms with Gasteiger partial charge in [0.1, 0.15) is 12.2 Å². The number of hydrogen-bond acceptors (Lipinski definition) is 3. The highest BCUT2D eigenvalue weighted by Gasteiger charge is 2.49. The number of imide groups is 1. The lowest BCUT2D eigenvalue weighted by Crippen LogP contribution is -2.42. The maximum atomic E-state index is 11.9. The molecule has 1 aromatic rings. The van der Waals surface area contributed by atoms with E-state index in [-0.39, 0.29) is 30.1 Å². The van der Waals surface area contributed by atoms with Crippen LogP contribution in [0.2, 0.25) is 0 Å². The topological polar surface area (TPSA) is 49.9 Å². The highest BCUT2D eigenvalue weighted by Crippen LogP contribution is 2.42. The molecule has 19 heavy (non-hydrogen) atoms. The molecule has 0 radical (unpaired) electrons. The fourth-order valence-corrected chi connectivity index (χ4v) is 2.54. The quantitative estimate of drug-likeness (QED) is 0.613. The number of benzene rings is 1. The van der Waals surface area contributed by atoms with Crippen molar-refractivity contribution in [3.8, 4) is 0 Å². The highest BCUT2D eigenvalue weighted by molar-refractivity contribution is 6.16. The van der Waals surface area contributed by atoms with Crippen LogP contribution in [-0.2, 0) is 14.3 Å². The second kappa shape index (κ2) is 4.31. The second-order valence-electron chi connectivity index (χ2n) is 5.01. The highest BCUT2D eigenvalue weighted by atomic mass is 16.6. The van der Waals surface area contributed by atoms with Crippen LogP contribution in [0.15, 0.2) is 42.0 Å². The minimum Gasteiger partial charge on any atom is -0.362 e. The lowest BCUT2D eigenvalue weighted by atomic mass is 10.1. The average Bonchev–Trinajstić information content (AvgIpc) is 3.15. The Morgan fingerprint density at radius 2 is 1.89 bits per heavy atom. The van der Waals surface area contributed by atoms with E-state index in [4.69, 9.17) is 4.74 Å². The third-order valence-corrected chi connectivity index (χ3v) is 3.67. The van der Waals surface area contributed by atoms with E-state index in [0.29, 0.717) is 5.57 Å². The molecular formula is C15H15NO3. The summed E-state index contributed by atoms with van der Waals surface area (Å²) in [5, 5.41) is 0. The number of ether oxygens (including phenoxy) is 1. The maximum absolute atomic E-state index is 11.9. The molecule has 98 valence electrons. The van der Waals surface area contributed by atoms with E-state index >= 15 is 0 Å². The minimum atomic E-state index is -0.239. The van der Waals surface area contributed by atoms with Gasteiger partial charge in [-0.1, -0.05) is 30.3 Å². The van der Waals surface area contributed by atoms with Gasteiger partial charge in [-0.05, 0) is 19.4 Å². The summed E-state index contributed by atoms with van der Waals surface area (Å²) >= 11 is 0. The fraction of sp³-hybridized carbons (Fsp3) is 0.333. The molecule has 2 aliphatic rings. The zero-order valence-corrected chi connectivity index (χ0v) is 10.9. The Morgan fingerprint density at radius 1 is 1.21 bits per heavy atom. The fourth-order valence-electron chi connectivity index (χ4n) is 2.54. The monoisotopic (exact) mass is 257 g/mol. The van der Waals surface area contributed by atoms with Gasteiger partial charge in [-0.3, -0.25) is 14.5 Å². The van der Waals surface area contributed by atoms with Crippen LogP contribution in [0.25, 0.3) is 0 Å². The number of amides is 2. The molecule has 2 heterocycles. The first-order valence-corrected chi connectivity index (χ1v) is 6.36. The Kier molecular flexibility index (Phi) is 2.75. The van der Waals surface area contributed by atoms with Crippen LogP contribution in [0.5, 0.6) is 0 Å². The van der Waals surface area contributed by atoms with Crippen molar-refractivity contribution >= 4 is 11.8 Å². The number of nitrogens with zero attached hydrogens (tertiary/aromatic N) is 1. The second-order valence-corrected chi connectivity index (χ2v) is 5.01. The number of rotatable bonds is 3. The molecule has 3 unspecified atom stereocenters. The minimum absolute atomic E-state index is 0.0160. The van der Waals surface area contributed by atoms with Crippen LogP contribution >= 0.6 is 0 Å². The predicted octanol–water partition coefficient (Wildman–Crippen LogP) is 1.83. The first-order chi connectivity index (χ1) is 9.09. The van der Waals surface area contributed by atoms with Crippen molar-refractivity contribution in [1.82, 2.24) is 4.90 Å². The van der Waals surface area contributed by atoms with Gasteiger partial charge in [-0.15, -0.1) is 0 Å². The average molecular weight is 257 g/mol. The first kappa shape index (κ1) is 12.1. The van der Waals surface area contributed by atoms with Crippen molar-refractivity contribution in [2.45, 2.75) is 32.1 Å². The van der Waals surface area contributed by atoms with E-state index < -0.39 is 0 Å². The van der Waals surface area contributed by atoms with Crippen LogP contribution in [0.3, 0.4) is 0 Å². The summed E-state index contributed by atoms with van der Waals surface area (Å²) < 4.78 is 5.64. The van der Waals surface area contributed by atoms with Crippen molar-refractivity contribution in [2.24, 2.45) is 0 Å². The molecule has 0 N–H and O–H groups in total.